The van der Waals surface area contributed by atoms with Gasteiger partial charge in [-0.1, -0.05) is 46.3 Å². The van der Waals surface area contributed by atoms with E-state index >= 15 is 0 Å². The summed E-state index contributed by atoms with van der Waals surface area (Å²) >= 11 is 0. The lowest BCUT2D eigenvalue weighted by molar-refractivity contribution is -0.214. The molecule has 0 radical (unpaired) electrons. The zero-order valence-electron chi connectivity index (χ0n) is 24.3. The van der Waals surface area contributed by atoms with Gasteiger partial charge in [-0.05, 0) is 92.8 Å². The Morgan fingerprint density at radius 3 is 2.30 bits per heavy atom. The van der Waals surface area contributed by atoms with E-state index in [0.717, 1.165) is 38.5 Å². The summed E-state index contributed by atoms with van der Waals surface area (Å²) in [5.74, 6) is 1.08. The Kier molecular flexibility index (Phi) is 6.63. The molecule has 4 fully saturated rings. The van der Waals surface area contributed by atoms with Gasteiger partial charge >= 0.3 is 0 Å². The van der Waals surface area contributed by atoms with Crippen molar-refractivity contribution in [3.05, 3.63) is 11.6 Å². The number of aliphatic hydroxyl groups excluding tert-OH is 3. The molecule has 0 spiro atoms. The highest BCUT2D eigenvalue weighted by atomic mass is 16.7. The minimum absolute atomic E-state index is 0.0709. The van der Waals surface area contributed by atoms with Crippen molar-refractivity contribution < 1.29 is 29.9 Å². The van der Waals surface area contributed by atoms with Gasteiger partial charge in [0.25, 0.3) is 0 Å². The SMILES string of the molecule is CO[C@H]1O[C@@H]([C@@H](O)C(C)(C)O)C[C@@H]1[C@@H]1CC=C2[C@]3(C)[C@H](O)C[C@@H]4C(C)(C)[C@H](O)CC[C@@]4(C)[C@H]3CC[C@]21C. The lowest BCUT2D eigenvalue weighted by Gasteiger charge is -2.68. The maximum Gasteiger partial charge on any atom is 0.160 e. The molecular weight excluding hydrogens is 468 g/mol. The van der Waals surface area contributed by atoms with Gasteiger partial charge in [0.2, 0.25) is 0 Å². The molecule has 1 heterocycles. The highest BCUT2D eigenvalue weighted by molar-refractivity contribution is 5.36. The average Bonchev–Trinajstić information content (AvgIpc) is 3.38. The standard InChI is InChI=1S/C31H52O6/c1-27(2)22-16-24(33)31(7)20-10-9-18(17-15-19(37-26(17)36-8)25(34)28(3,4)35)29(20,5)13-11-21(31)30(22,6)14-12-23(27)32/h10,17-19,21-26,32-35H,9,11-16H2,1-8H3/t17-,18+,19-,21-,22-,23-,24-,25-,26+,29+,30+,31+/m1/s1. The molecule has 0 aromatic heterocycles. The van der Waals surface area contributed by atoms with Gasteiger partial charge in [-0.2, -0.15) is 0 Å². The molecule has 1 aliphatic heterocycles. The normalized spacial score (nSPS) is 52.2. The van der Waals surface area contributed by atoms with Crippen LogP contribution < -0.4 is 0 Å². The van der Waals surface area contributed by atoms with Gasteiger partial charge in [-0.3, -0.25) is 0 Å². The van der Waals surface area contributed by atoms with E-state index in [4.69, 9.17) is 9.47 Å². The molecule has 6 nitrogen and oxygen atoms in total. The molecule has 1 saturated heterocycles. The summed E-state index contributed by atoms with van der Waals surface area (Å²) in [5.41, 5.74) is -0.307. The van der Waals surface area contributed by atoms with Crippen LogP contribution in [0.1, 0.15) is 93.4 Å². The number of fused-ring (bicyclic) bond motifs is 5. The van der Waals surface area contributed by atoms with E-state index in [-0.39, 0.29) is 33.7 Å². The Morgan fingerprint density at radius 1 is 1.00 bits per heavy atom. The van der Waals surface area contributed by atoms with E-state index in [0.29, 0.717) is 24.2 Å². The largest absolute Gasteiger partial charge is 0.393 e. The number of ether oxygens (including phenoxy) is 2. The van der Waals surface area contributed by atoms with Crippen LogP contribution in [0.2, 0.25) is 0 Å². The number of methoxy groups -OCH3 is 1. The number of hydrogen-bond acceptors (Lipinski definition) is 6. The first-order valence-corrected chi connectivity index (χ1v) is 14.7. The first kappa shape index (κ1) is 28.0. The average molecular weight is 521 g/mol. The summed E-state index contributed by atoms with van der Waals surface area (Å²) in [5, 5.41) is 44.0. The van der Waals surface area contributed by atoms with Gasteiger partial charge in [0, 0.05) is 18.4 Å². The van der Waals surface area contributed by atoms with Crippen LogP contribution in [0.4, 0.5) is 0 Å². The molecule has 0 amide bonds. The summed E-state index contributed by atoms with van der Waals surface area (Å²) < 4.78 is 12.0. The van der Waals surface area contributed by atoms with Crippen molar-refractivity contribution in [1.29, 1.82) is 0 Å². The van der Waals surface area contributed by atoms with Crippen molar-refractivity contribution >= 4 is 0 Å². The van der Waals surface area contributed by atoms with E-state index in [1.807, 2.05) is 0 Å². The fraction of sp³-hybridized carbons (Fsp3) is 0.935. The molecule has 0 bridgehead atoms. The zero-order chi connectivity index (χ0) is 27.3. The van der Waals surface area contributed by atoms with E-state index < -0.39 is 30.2 Å². The molecule has 37 heavy (non-hydrogen) atoms. The number of aliphatic hydroxyl groups is 4. The van der Waals surface area contributed by atoms with Crippen LogP contribution in [0.25, 0.3) is 0 Å². The molecule has 4 N–H and O–H groups in total. The van der Waals surface area contributed by atoms with Gasteiger partial charge in [0.15, 0.2) is 6.29 Å². The molecule has 6 heteroatoms. The predicted molar refractivity (Wildman–Crippen MR) is 142 cm³/mol. The summed E-state index contributed by atoms with van der Waals surface area (Å²) in [4.78, 5) is 0. The van der Waals surface area contributed by atoms with Gasteiger partial charge < -0.3 is 29.9 Å². The topological polar surface area (TPSA) is 99.4 Å². The number of hydrogen-bond donors (Lipinski definition) is 4. The van der Waals surface area contributed by atoms with Gasteiger partial charge in [-0.15, -0.1) is 0 Å². The van der Waals surface area contributed by atoms with E-state index in [9.17, 15) is 20.4 Å². The van der Waals surface area contributed by atoms with Crippen LogP contribution in [0.5, 0.6) is 0 Å². The number of rotatable bonds is 4. The highest BCUT2D eigenvalue weighted by Crippen LogP contribution is 2.73. The summed E-state index contributed by atoms with van der Waals surface area (Å²) in [6.07, 6.45) is 6.10. The smallest absolute Gasteiger partial charge is 0.160 e. The summed E-state index contributed by atoms with van der Waals surface area (Å²) in [7, 11) is 1.67. The summed E-state index contributed by atoms with van der Waals surface area (Å²) in [6.45, 7) is 14.8. The van der Waals surface area contributed by atoms with Crippen molar-refractivity contribution in [2.45, 2.75) is 130 Å². The molecule has 212 valence electrons. The zero-order valence-corrected chi connectivity index (χ0v) is 24.3. The van der Waals surface area contributed by atoms with Crippen LogP contribution >= 0.6 is 0 Å². The van der Waals surface area contributed by atoms with Crippen LogP contribution in [0.3, 0.4) is 0 Å². The molecule has 5 aliphatic rings. The Labute approximate surface area is 223 Å². The first-order chi connectivity index (χ1) is 17.0. The lowest BCUT2D eigenvalue weighted by atomic mass is 9.37. The Morgan fingerprint density at radius 2 is 1.68 bits per heavy atom. The molecule has 0 unspecified atom stereocenters. The van der Waals surface area contributed by atoms with Crippen LogP contribution in [-0.4, -0.2) is 63.8 Å². The monoisotopic (exact) mass is 520 g/mol. The second-order valence-electron chi connectivity index (χ2n) is 15.2. The van der Waals surface area contributed by atoms with Crippen molar-refractivity contribution in [3.63, 3.8) is 0 Å². The highest BCUT2D eigenvalue weighted by Gasteiger charge is 2.68. The van der Waals surface area contributed by atoms with Gasteiger partial charge in [0.05, 0.1) is 23.9 Å². The molecule has 5 rings (SSSR count). The predicted octanol–water partition coefficient (Wildman–Crippen LogP) is 4.43. The van der Waals surface area contributed by atoms with Gasteiger partial charge in [-0.25, -0.2) is 0 Å². The van der Waals surface area contributed by atoms with Crippen molar-refractivity contribution in [2.75, 3.05) is 7.11 Å². The van der Waals surface area contributed by atoms with E-state index in [2.05, 4.69) is 40.7 Å². The Hall–Kier alpha value is -0.500. The number of allylic oxidation sites excluding steroid dienone is 1. The molecule has 4 aliphatic carbocycles. The van der Waals surface area contributed by atoms with E-state index in [1.165, 1.54) is 5.57 Å². The van der Waals surface area contributed by atoms with E-state index in [1.54, 1.807) is 21.0 Å². The van der Waals surface area contributed by atoms with Crippen molar-refractivity contribution in [2.24, 2.45) is 45.3 Å². The molecule has 3 saturated carbocycles. The van der Waals surface area contributed by atoms with Crippen LogP contribution in [0.15, 0.2) is 11.6 Å². The molecular formula is C31H52O6. The second kappa shape index (κ2) is 8.75. The quantitative estimate of drug-likeness (QED) is 0.409. The Balaban J connectivity index is 1.45. The third kappa shape index (κ3) is 3.79. The third-order valence-electron chi connectivity index (χ3n) is 12.7. The maximum absolute atomic E-state index is 11.9. The lowest BCUT2D eigenvalue weighted by Crippen LogP contribution is -2.65. The van der Waals surface area contributed by atoms with Crippen LogP contribution in [-0.2, 0) is 9.47 Å². The van der Waals surface area contributed by atoms with Crippen molar-refractivity contribution in [1.82, 2.24) is 0 Å². The molecule has 0 aromatic rings. The third-order valence-corrected chi connectivity index (χ3v) is 12.7. The Bertz CT molecular complexity index is 923. The fourth-order valence-corrected chi connectivity index (χ4v) is 10.6. The van der Waals surface area contributed by atoms with Gasteiger partial charge in [0.1, 0.15) is 6.10 Å². The minimum atomic E-state index is -1.24. The maximum atomic E-state index is 11.9. The second-order valence-corrected chi connectivity index (χ2v) is 15.2. The minimum Gasteiger partial charge on any atom is -0.393 e. The summed E-state index contributed by atoms with van der Waals surface area (Å²) in [6, 6.07) is 0. The molecule has 12 atom stereocenters. The van der Waals surface area contributed by atoms with Crippen molar-refractivity contribution in [3.8, 4) is 0 Å². The fourth-order valence-electron chi connectivity index (χ4n) is 10.6. The first-order valence-electron chi connectivity index (χ1n) is 14.7. The van der Waals surface area contributed by atoms with Crippen LogP contribution in [0, 0.1) is 45.3 Å². The molecule has 0 aromatic carbocycles.